The van der Waals surface area contributed by atoms with Crippen LogP contribution in [0.2, 0.25) is 0 Å². The molecule has 0 saturated heterocycles. The van der Waals surface area contributed by atoms with Crippen LogP contribution in [0.5, 0.6) is 5.75 Å². The van der Waals surface area contributed by atoms with Crippen molar-refractivity contribution in [3.8, 4) is 5.75 Å². The number of halogens is 2. The lowest BCUT2D eigenvalue weighted by atomic mass is 9.90. The average molecular weight is 348 g/mol. The molecule has 0 unspecified atom stereocenters. The van der Waals surface area contributed by atoms with Gasteiger partial charge in [0.2, 0.25) is 0 Å². The van der Waals surface area contributed by atoms with E-state index >= 15 is 0 Å². The number of ether oxygens (including phenoxy) is 1. The van der Waals surface area contributed by atoms with Gasteiger partial charge >= 0.3 is 0 Å². The first kappa shape index (κ1) is 16.6. The molecule has 2 aromatic carbocycles. The zero-order valence-electron chi connectivity index (χ0n) is 13.4. The van der Waals surface area contributed by atoms with Gasteiger partial charge in [0.15, 0.2) is 5.11 Å². The zero-order chi connectivity index (χ0) is 17.3. The number of nitrogens with one attached hydrogen (secondary N) is 2. The quantitative estimate of drug-likeness (QED) is 0.780. The molecule has 0 radical (unpaired) electrons. The van der Waals surface area contributed by atoms with Crippen LogP contribution in [0.15, 0.2) is 42.5 Å². The van der Waals surface area contributed by atoms with Crippen LogP contribution in [0.25, 0.3) is 0 Å². The number of thiocarbonyl (C=S) groups is 1. The zero-order valence-corrected chi connectivity index (χ0v) is 14.2. The highest BCUT2D eigenvalue weighted by Crippen LogP contribution is 2.39. The number of fused-ring (bicyclic) bond motifs is 1. The Morgan fingerprint density at radius 1 is 1.21 bits per heavy atom. The Kier molecular flexibility index (Phi) is 4.41. The molecule has 2 N–H and O–H groups in total. The maximum absolute atomic E-state index is 13.7. The van der Waals surface area contributed by atoms with E-state index in [0.717, 1.165) is 17.4 Å². The van der Waals surface area contributed by atoms with Crippen molar-refractivity contribution >= 4 is 23.0 Å². The molecule has 0 spiro atoms. The standard InChI is InChI=1S/C18H18F2N2OS/c1-18(2)10-15(12-5-3-4-6-16(12)23-18)22-17(24)21-14-8-7-11(19)9-13(14)20/h3-9,15H,10H2,1-2H3,(H2,21,22,24)/t15-/m1/s1. The van der Waals surface area contributed by atoms with Crippen molar-refractivity contribution < 1.29 is 13.5 Å². The van der Waals surface area contributed by atoms with Crippen LogP contribution in [0, 0.1) is 11.6 Å². The lowest BCUT2D eigenvalue weighted by molar-refractivity contribution is 0.0697. The van der Waals surface area contributed by atoms with E-state index in [1.807, 2.05) is 38.1 Å². The first-order chi connectivity index (χ1) is 11.3. The lowest BCUT2D eigenvalue weighted by Crippen LogP contribution is -2.42. The van der Waals surface area contributed by atoms with Crippen LogP contribution in [0.4, 0.5) is 14.5 Å². The van der Waals surface area contributed by atoms with Crippen molar-refractivity contribution in [3.05, 3.63) is 59.7 Å². The van der Waals surface area contributed by atoms with Gasteiger partial charge in [0.25, 0.3) is 0 Å². The van der Waals surface area contributed by atoms with Gasteiger partial charge in [-0.1, -0.05) is 18.2 Å². The molecular formula is C18H18F2N2OS. The number of hydrogen-bond acceptors (Lipinski definition) is 2. The fourth-order valence-electron chi connectivity index (χ4n) is 2.84. The molecule has 2 aromatic rings. The second kappa shape index (κ2) is 6.36. The van der Waals surface area contributed by atoms with Crippen LogP contribution >= 0.6 is 12.2 Å². The highest BCUT2D eigenvalue weighted by Gasteiger charge is 2.33. The minimum absolute atomic E-state index is 0.0616. The van der Waals surface area contributed by atoms with Crippen LogP contribution in [-0.4, -0.2) is 10.7 Å². The molecule has 24 heavy (non-hydrogen) atoms. The lowest BCUT2D eigenvalue weighted by Gasteiger charge is -2.38. The number of rotatable bonds is 2. The number of benzene rings is 2. The van der Waals surface area contributed by atoms with E-state index in [9.17, 15) is 8.78 Å². The Labute approximate surface area is 145 Å². The summed E-state index contributed by atoms with van der Waals surface area (Å²) in [6, 6.07) is 11.0. The minimum Gasteiger partial charge on any atom is -0.487 e. The van der Waals surface area contributed by atoms with Gasteiger partial charge in [-0.25, -0.2) is 8.78 Å². The van der Waals surface area contributed by atoms with Crippen molar-refractivity contribution in [1.82, 2.24) is 5.32 Å². The third-order valence-corrected chi connectivity index (χ3v) is 4.08. The highest BCUT2D eigenvalue weighted by atomic mass is 32.1. The topological polar surface area (TPSA) is 33.3 Å². The van der Waals surface area contributed by atoms with E-state index in [2.05, 4.69) is 10.6 Å². The van der Waals surface area contributed by atoms with Gasteiger partial charge in [0, 0.05) is 18.1 Å². The second-order valence-electron chi connectivity index (χ2n) is 6.38. The first-order valence-electron chi connectivity index (χ1n) is 7.64. The van der Waals surface area contributed by atoms with Crippen molar-refractivity contribution in [3.63, 3.8) is 0 Å². The molecule has 126 valence electrons. The van der Waals surface area contributed by atoms with Gasteiger partial charge in [-0.05, 0) is 44.3 Å². The SMILES string of the molecule is CC1(C)C[C@@H](NC(=S)Nc2ccc(F)cc2F)c2ccccc2O1. The summed E-state index contributed by atoms with van der Waals surface area (Å²) in [6.07, 6.45) is 0.706. The van der Waals surface area contributed by atoms with Crippen LogP contribution < -0.4 is 15.4 Å². The van der Waals surface area contributed by atoms with Gasteiger partial charge in [-0.2, -0.15) is 0 Å². The van der Waals surface area contributed by atoms with E-state index in [0.29, 0.717) is 6.42 Å². The van der Waals surface area contributed by atoms with Gasteiger partial charge in [-0.15, -0.1) is 0 Å². The summed E-state index contributed by atoms with van der Waals surface area (Å²) in [4.78, 5) is 0. The van der Waals surface area contributed by atoms with Crippen LogP contribution in [0.3, 0.4) is 0 Å². The van der Waals surface area contributed by atoms with E-state index < -0.39 is 11.6 Å². The van der Waals surface area contributed by atoms with Crippen molar-refractivity contribution in [2.75, 3.05) is 5.32 Å². The Bertz CT molecular complexity index is 779. The summed E-state index contributed by atoms with van der Waals surface area (Å²) in [7, 11) is 0. The van der Waals surface area contributed by atoms with Crippen molar-refractivity contribution in [2.24, 2.45) is 0 Å². The average Bonchev–Trinajstić information content (AvgIpc) is 2.49. The molecule has 0 aliphatic carbocycles. The summed E-state index contributed by atoms with van der Waals surface area (Å²) < 4.78 is 32.7. The predicted molar refractivity (Wildman–Crippen MR) is 94.2 cm³/mol. The molecule has 1 aliphatic heterocycles. The normalized spacial score (nSPS) is 18.2. The van der Waals surface area contributed by atoms with E-state index in [4.69, 9.17) is 17.0 Å². The number of para-hydroxylation sites is 1. The molecule has 0 fully saturated rings. The second-order valence-corrected chi connectivity index (χ2v) is 6.79. The maximum atomic E-state index is 13.7. The minimum atomic E-state index is -0.688. The number of hydrogen-bond donors (Lipinski definition) is 2. The van der Waals surface area contributed by atoms with Crippen LogP contribution in [0.1, 0.15) is 31.9 Å². The highest BCUT2D eigenvalue weighted by molar-refractivity contribution is 7.80. The van der Waals surface area contributed by atoms with Gasteiger partial charge in [0.05, 0.1) is 11.7 Å². The third kappa shape index (κ3) is 3.64. The molecule has 0 amide bonds. The fraction of sp³-hybridized carbons (Fsp3) is 0.278. The molecule has 3 rings (SSSR count). The van der Waals surface area contributed by atoms with Crippen molar-refractivity contribution in [2.45, 2.75) is 31.9 Å². The Balaban J connectivity index is 1.76. The maximum Gasteiger partial charge on any atom is 0.171 e. The van der Waals surface area contributed by atoms with Crippen molar-refractivity contribution in [1.29, 1.82) is 0 Å². The van der Waals surface area contributed by atoms with Gasteiger partial charge in [0.1, 0.15) is 23.0 Å². The predicted octanol–water partition coefficient (Wildman–Crippen LogP) is 4.55. The molecule has 6 heteroatoms. The molecule has 1 aliphatic rings. The fourth-order valence-corrected chi connectivity index (χ4v) is 3.09. The summed E-state index contributed by atoms with van der Waals surface area (Å²) in [5.41, 5.74) is 0.789. The molecule has 1 atom stereocenters. The smallest absolute Gasteiger partial charge is 0.171 e. The van der Waals surface area contributed by atoms with E-state index in [-0.39, 0.29) is 22.4 Å². The monoisotopic (exact) mass is 348 g/mol. The van der Waals surface area contributed by atoms with E-state index in [1.165, 1.54) is 12.1 Å². The Hall–Kier alpha value is -2.21. The number of anilines is 1. The summed E-state index contributed by atoms with van der Waals surface area (Å²) in [5, 5.41) is 6.26. The molecule has 0 aromatic heterocycles. The Morgan fingerprint density at radius 2 is 1.96 bits per heavy atom. The first-order valence-corrected chi connectivity index (χ1v) is 8.05. The van der Waals surface area contributed by atoms with E-state index in [1.54, 1.807) is 0 Å². The summed E-state index contributed by atoms with van der Waals surface area (Å²) in [5.74, 6) is -0.508. The summed E-state index contributed by atoms with van der Waals surface area (Å²) in [6.45, 7) is 4.02. The largest absolute Gasteiger partial charge is 0.487 e. The molecular weight excluding hydrogens is 330 g/mol. The molecule has 1 heterocycles. The summed E-state index contributed by atoms with van der Waals surface area (Å²) >= 11 is 5.29. The Morgan fingerprint density at radius 3 is 2.71 bits per heavy atom. The van der Waals surface area contributed by atoms with Crippen LogP contribution in [-0.2, 0) is 0 Å². The molecule has 0 saturated carbocycles. The molecule has 0 bridgehead atoms. The van der Waals surface area contributed by atoms with Gasteiger partial charge in [-0.3, -0.25) is 0 Å². The molecule has 3 nitrogen and oxygen atoms in total. The third-order valence-electron chi connectivity index (χ3n) is 3.86. The van der Waals surface area contributed by atoms with Gasteiger partial charge < -0.3 is 15.4 Å².